The van der Waals surface area contributed by atoms with Crippen LogP contribution in [0.15, 0.2) is 60.7 Å². The molecule has 106 valence electrons. The summed E-state index contributed by atoms with van der Waals surface area (Å²) < 4.78 is 0. The second-order valence-electron chi connectivity index (χ2n) is 4.89. The lowest BCUT2D eigenvalue weighted by Crippen LogP contribution is -2.22. The molecule has 1 aromatic rings. The molecule has 0 aromatic heterocycles. The van der Waals surface area contributed by atoms with E-state index in [2.05, 4.69) is 49.2 Å². The molecule has 1 atom stereocenters. The molecule has 1 aromatic carbocycles. The minimum Gasteiger partial charge on any atom is -0.373 e. The number of hydrogen-bond donors (Lipinski definition) is 1. The molecular weight excluding hydrogens is 262 g/mol. The third-order valence-corrected chi connectivity index (χ3v) is 3.06. The molecule has 0 radical (unpaired) electrons. The first-order valence-corrected chi connectivity index (χ1v) is 7.27. The molecule has 1 rings (SSSR count). The van der Waals surface area contributed by atoms with Gasteiger partial charge in [0.1, 0.15) is 0 Å². The maximum atomic E-state index is 5.09. The van der Waals surface area contributed by atoms with Crippen LogP contribution in [0.1, 0.15) is 37.9 Å². The number of nitrogens with one attached hydrogen (secondary N) is 1. The molecule has 0 aliphatic heterocycles. The van der Waals surface area contributed by atoms with E-state index in [9.17, 15) is 0 Å². The minimum absolute atomic E-state index is 0.235. The molecule has 0 aliphatic carbocycles. The largest absolute Gasteiger partial charge is 0.373 e. The molecule has 0 saturated carbocycles. The van der Waals surface area contributed by atoms with Gasteiger partial charge in [0.25, 0.3) is 0 Å². The van der Waals surface area contributed by atoms with Gasteiger partial charge in [-0.2, -0.15) is 0 Å². The quantitative estimate of drug-likeness (QED) is 0.588. The fourth-order valence-electron chi connectivity index (χ4n) is 1.98. The molecule has 0 heterocycles. The lowest BCUT2D eigenvalue weighted by Gasteiger charge is -2.15. The highest BCUT2D eigenvalue weighted by molar-refractivity contribution is 7.80. The SMILES string of the molecule is C=C(/C=C\C=C/C)Cc1cccc(C(C)NC(C)=S)c1. The van der Waals surface area contributed by atoms with Gasteiger partial charge in [-0.3, -0.25) is 0 Å². The number of benzene rings is 1. The van der Waals surface area contributed by atoms with Crippen molar-refractivity contribution in [1.29, 1.82) is 0 Å². The van der Waals surface area contributed by atoms with E-state index in [0.29, 0.717) is 0 Å². The molecule has 0 bridgehead atoms. The Morgan fingerprint density at radius 2 is 2.15 bits per heavy atom. The molecule has 0 fully saturated rings. The lowest BCUT2D eigenvalue weighted by molar-refractivity contribution is 0.720. The molecule has 0 amide bonds. The van der Waals surface area contributed by atoms with E-state index in [4.69, 9.17) is 12.2 Å². The van der Waals surface area contributed by atoms with Crippen molar-refractivity contribution in [2.75, 3.05) is 0 Å². The first kappa shape index (κ1) is 16.4. The highest BCUT2D eigenvalue weighted by atomic mass is 32.1. The topological polar surface area (TPSA) is 12.0 Å². The number of hydrogen-bond acceptors (Lipinski definition) is 1. The molecule has 20 heavy (non-hydrogen) atoms. The zero-order valence-corrected chi connectivity index (χ0v) is 13.3. The Balaban J connectivity index is 2.73. The van der Waals surface area contributed by atoms with Crippen molar-refractivity contribution < 1.29 is 0 Å². The zero-order chi connectivity index (χ0) is 15.0. The summed E-state index contributed by atoms with van der Waals surface area (Å²) in [5, 5.41) is 3.27. The first-order valence-electron chi connectivity index (χ1n) is 6.86. The lowest BCUT2D eigenvalue weighted by atomic mass is 10.0. The van der Waals surface area contributed by atoms with E-state index in [1.807, 2.05) is 32.1 Å². The van der Waals surface area contributed by atoms with Gasteiger partial charge in [0.05, 0.1) is 4.99 Å². The van der Waals surface area contributed by atoms with Crippen molar-refractivity contribution in [3.8, 4) is 0 Å². The zero-order valence-electron chi connectivity index (χ0n) is 12.5. The van der Waals surface area contributed by atoms with Gasteiger partial charge in [0, 0.05) is 6.04 Å². The van der Waals surface area contributed by atoms with Crippen LogP contribution in [0.3, 0.4) is 0 Å². The van der Waals surface area contributed by atoms with Gasteiger partial charge in [-0.1, -0.05) is 72.9 Å². The smallest absolute Gasteiger partial charge is 0.0726 e. The second kappa shape index (κ2) is 8.49. The maximum absolute atomic E-state index is 5.09. The fourth-order valence-corrected chi connectivity index (χ4v) is 2.16. The maximum Gasteiger partial charge on any atom is 0.0726 e. The predicted molar refractivity (Wildman–Crippen MR) is 93.1 cm³/mol. The van der Waals surface area contributed by atoms with Gasteiger partial charge in [0.2, 0.25) is 0 Å². The average molecular weight is 285 g/mol. The van der Waals surface area contributed by atoms with Gasteiger partial charge in [-0.15, -0.1) is 0 Å². The van der Waals surface area contributed by atoms with E-state index in [0.717, 1.165) is 17.0 Å². The first-order chi connectivity index (χ1) is 9.52. The Hall–Kier alpha value is -1.67. The summed E-state index contributed by atoms with van der Waals surface area (Å²) >= 11 is 5.09. The molecule has 1 unspecified atom stereocenters. The summed E-state index contributed by atoms with van der Waals surface area (Å²) in [7, 11) is 0. The third-order valence-electron chi connectivity index (χ3n) is 2.94. The van der Waals surface area contributed by atoms with Crippen LogP contribution >= 0.6 is 12.2 Å². The van der Waals surface area contributed by atoms with Crippen LogP contribution in [0.25, 0.3) is 0 Å². The standard InChI is InChI=1S/C18H23NS/c1-5-6-7-9-14(2)12-17-10-8-11-18(13-17)15(3)19-16(4)20/h5-11,13,15H,2,12H2,1,3-4H3,(H,19,20)/b6-5-,9-7-. The molecule has 1 N–H and O–H groups in total. The van der Waals surface area contributed by atoms with Gasteiger partial charge >= 0.3 is 0 Å². The van der Waals surface area contributed by atoms with Crippen molar-refractivity contribution in [3.05, 3.63) is 71.8 Å². The van der Waals surface area contributed by atoms with Crippen LogP contribution in [-0.4, -0.2) is 4.99 Å². The summed E-state index contributed by atoms with van der Waals surface area (Å²) in [5.41, 5.74) is 3.62. The molecule has 0 spiro atoms. The monoisotopic (exact) mass is 285 g/mol. The second-order valence-corrected chi connectivity index (χ2v) is 5.50. The molecule has 2 heteroatoms. The van der Waals surface area contributed by atoms with E-state index in [-0.39, 0.29) is 6.04 Å². The Morgan fingerprint density at radius 1 is 1.40 bits per heavy atom. The predicted octanol–water partition coefficient (Wildman–Crippen LogP) is 4.92. The number of rotatable bonds is 6. The summed E-state index contributed by atoms with van der Waals surface area (Å²) in [6, 6.07) is 8.79. The Morgan fingerprint density at radius 3 is 2.80 bits per heavy atom. The van der Waals surface area contributed by atoms with Gasteiger partial charge < -0.3 is 5.32 Å². The van der Waals surface area contributed by atoms with Crippen molar-refractivity contribution in [2.24, 2.45) is 0 Å². The normalized spacial score (nSPS) is 12.8. The van der Waals surface area contributed by atoms with Crippen LogP contribution < -0.4 is 5.32 Å². The van der Waals surface area contributed by atoms with E-state index in [1.165, 1.54) is 11.1 Å². The van der Waals surface area contributed by atoms with Crippen LogP contribution in [0, 0.1) is 0 Å². The van der Waals surface area contributed by atoms with Gasteiger partial charge in [-0.25, -0.2) is 0 Å². The van der Waals surface area contributed by atoms with Crippen molar-refractivity contribution in [2.45, 2.75) is 33.2 Å². The summed E-state index contributed by atoms with van der Waals surface area (Å²) in [5.74, 6) is 0. The Labute approximate surface area is 128 Å². The van der Waals surface area contributed by atoms with Crippen molar-refractivity contribution >= 4 is 17.2 Å². The molecule has 1 nitrogen and oxygen atoms in total. The third kappa shape index (κ3) is 5.98. The van der Waals surface area contributed by atoms with Crippen molar-refractivity contribution in [3.63, 3.8) is 0 Å². The number of thiocarbonyl (C=S) groups is 1. The van der Waals surface area contributed by atoms with Crippen LogP contribution in [0.4, 0.5) is 0 Å². The average Bonchev–Trinajstić information content (AvgIpc) is 2.38. The summed E-state index contributed by atoms with van der Waals surface area (Å²) in [4.78, 5) is 0.821. The van der Waals surface area contributed by atoms with E-state index < -0.39 is 0 Å². The Bertz CT molecular complexity index is 526. The molecule has 0 aliphatic rings. The van der Waals surface area contributed by atoms with Crippen LogP contribution in [0.2, 0.25) is 0 Å². The van der Waals surface area contributed by atoms with Crippen LogP contribution in [-0.2, 0) is 6.42 Å². The minimum atomic E-state index is 0.235. The van der Waals surface area contributed by atoms with Gasteiger partial charge in [-0.05, 0) is 38.3 Å². The fraction of sp³-hybridized carbons (Fsp3) is 0.278. The summed E-state index contributed by atoms with van der Waals surface area (Å²) in [6.07, 6.45) is 8.95. The highest BCUT2D eigenvalue weighted by Gasteiger charge is 2.05. The van der Waals surface area contributed by atoms with E-state index >= 15 is 0 Å². The summed E-state index contributed by atoms with van der Waals surface area (Å²) in [6.45, 7) is 10.1. The molecule has 0 saturated heterocycles. The number of allylic oxidation sites excluding steroid dienone is 5. The van der Waals surface area contributed by atoms with Crippen molar-refractivity contribution in [1.82, 2.24) is 5.32 Å². The van der Waals surface area contributed by atoms with E-state index in [1.54, 1.807) is 0 Å². The Kier molecular flexibility index (Phi) is 6.96. The van der Waals surface area contributed by atoms with Gasteiger partial charge in [0.15, 0.2) is 0 Å². The van der Waals surface area contributed by atoms with Crippen LogP contribution in [0.5, 0.6) is 0 Å². The highest BCUT2D eigenvalue weighted by Crippen LogP contribution is 2.16. The molecular formula is C18H23NS.